The summed E-state index contributed by atoms with van der Waals surface area (Å²) < 4.78 is 0. The van der Waals surface area contributed by atoms with Gasteiger partial charge in [0.1, 0.15) is 0 Å². The zero-order chi connectivity index (χ0) is 68.2. The number of aromatic nitrogens is 6. The van der Waals surface area contributed by atoms with Gasteiger partial charge in [-0.3, -0.25) is 0 Å². The van der Waals surface area contributed by atoms with Gasteiger partial charge in [0.05, 0.1) is 5.41 Å². The summed E-state index contributed by atoms with van der Waals surface area (Å²) in [6.07, 6.45) is 0. The molecule has 16 aromatic carbocycles. The summed E-state index contributed by atoms with van der Waals surface area (Å²) in [7, 11) is 0. The molecule has 103 heavy (non-hydrogen) atoms. The topological polar surface area (TPSA) is 77.3 Å². The maximum absolute atomic E-state index is 5.62. The SMILES string of the molecule is c1ccc(-c2ccc(-c3nc(-c4ccccc4)nc(-c4c(-c5ccc6c(c5)C(c5ccccc5)(c5ccccc5)c5ccccc5-6)cc(-c5cccc(-c6nc(-c7ccccc7)nc(-c7cc(-c8ccccc8)cc(-c8cc9ccccc9c9ccccc89)c7)n6)c5)c5ccccc45)n3)cc2)cc1. The minimum Gasteiger partial charge on any atom is -0.208 e. The lowest BCUT2D eigenvalue weighted by atomic mass is 9.67. The van der Waals surface area contributed by atoms with Crippen molar-refractivity contribution in [3.63, 3.8) is 0 Å². The van der Waals surface area contributed by atoms with Crippen LogP contribution in [0.1, 0.15) is 22.3 Å². The van der Waals surface area contributed by atoms with Crippen molar-refractivity contribution in [1.29, 1.82) is 0 Å². The van der Waals surface area contributed by atoms with Crippen LogP contribution in [0.3, 0.4) is 0 Å². The number of rotatable bonds is 13. The Labute approximate surface area is 597 Å². The zero-order valence-electron chi connectivity index (χ0n) is 56.0. The molecular weight excluding hydrogens is 1250 g/mol. The predicted molar refractivity (Wildman–Crippen MR) is 423 cm³/mol. The normalized spacial score (nSPS) is 12.2. The summed E-state index contributed by atoms with van der Waals surface area (Å²) in [6.45, 7) is 0. The van der Waals surface area contributed by atoms with E-state index in [0.29, 0.717) is 34.9 Å². The van der Waals surface area contributed by atoms with Crippen LogP contribution >= 0.6 is 0 Å². The standard InChI is InChI=1S/C97H62N6/c1-7-28-63(29-8-1)65-50-52-68(53-51-65)93-98-92(67-34-13-4-14-35-67)102-96(103-93)90-84-48-24-23-46-81(84)86(62-87(90)71-54-55-83-82-47-25-26-49-88(82)97(89(83)61-71,76-39-15-5-16-40-76)77-41-17-6-18-42-77)69-37-27-38-72(56-69)94-99-91(66-32-11-3-12-33-66)100-95(101-94)75-58-73(64-30-9-2-10-31-64)57-74(59-75)85-60-70-36-19-20-43-78(70)79-44-21-22-45-80(79)85/h1-62H. The van der Waals surface area contributed by atoms with Gasteiger partial charge >= 0.3 is 0 Å². The summed E-state index contributed by atoms with van der Waals surface area (Å²) in [5.41, 5.74) is 22.4. The second-order valence-corrected chi connectivity index (χ2v) is 26.4. The Morgan fingerprint density at radius 3 is 1.16 bits per heavy atom. The number of fused-ring (bicyclic) bond motifs is 7. The van der Waals surface area contributed by atoms with Crippen molar-refractivity contribution < 1.29 is 0 Å². The summed E-state index contributed by atoms with van der Waals surface area (Å²) >= 11 is 0. The summed E-state index contributed by atoms with van der Waals surface area (Å²) in [6, 6.07) is 134. The number of benzene rings is 16. The molecule has 0 unspecified atom stereocenters. The van der Waals surface area contributed by atoms with Crippen LogP contribution in [0.4, 0.5) is 0 Å². The van der Waals surface area contributed by atoms with E-state index in [2.05, 4.69) is 334 Å². The van der Waals surface area contributed by atoms with Gasteiger partial charge in [-0.1, -0.05) is 334 Å². The summed E-state index contributed by atoms with van der Waals surface area (Å²) in [4.78, 5) is 32.9. The highest BCUT2D eigenvalue weighted by Gasteiger charge is 2.46. The molecule has 0 spiro atoms. The van der Waals surface area contributed by atoms with Gasteiger partial charge in [0.2, 0.25) is 0 Å². The highest BCUT2D eigenvalue weighted by atomic mass is 15.0. The molecule has 0 atom stereocenters. The largest absolute Gasteiger partial charge is 0.208 e. The molecule has 18 aromatic rings. The Balaban J connectivity index is 0.837. The molecule has 6 nitrogen and oxygen atoms in total. The molecule has 0 fully saturated rings. The van der Waals surface area contributed by atoms with E-state index in [1.807, 2.05) is 42.5 Å². The van der Waals surface area contributed by atoms with Crippen LogP contribution in [0.2, 0.25) is 0 Å². The summed E-state index contributed by atoms with van der Waals surface area (Å²) in [5.74, 6) is 3.40. The Bertz CT molecular complexity index is 6230. The van der Waals surface area contributed by atoms with Crippen LogP contribution in [-0.4, -0.2) is 29.9 Å². The van der Waals surface area contributed by atoms with Crippen LogP contribution in [-0.2, 0) is 5.41 Å². The van der Waals surface area contributed by atoms with E-state index >= 15 is 0 Å². The van der Waals surface area contributed by atoms with Gasteiger partial charge in [-0.15, -0.1) is 0 Å². The molecule has 0 radical (unpaired) electrons. The quantitative estimate of drug-likeness (QED) is 0.107. The first-order valence-corrected chi connectivity index (χ1v) is 35.0. The van der Waals surface area contributed by atoms with Crippen molar-refractivity contribution in [2.45, 2.75) is 5.41 Å². The molecule has 1 aliphatic rings. The van der Waals surface area contributed by atoms with Gasteiger partial charge in [0.15, 0.2) is 34.9 Å². The lowest BCUT2D eigenvalue weighted by Crippen LogP contribution is -2.28. The smallest absolute Gasteiger partial charge is 0.165 e. The zero-order valence-corrected chi connectivity index (χ0v) is 56.0. The van der Waals surface area contributed by atoms with Gasteiger partial charge in [-0.2, -0.15) is 0 Å². The molecule has 6 heteroatoms. The lowest BCUT2D eigenvalue weighted by molar-refractivity contribution is 0.769. The van der Waals surface area contributed by atoms with E-state index in [1.165, 1.54) is 54.9 Å². The molecule has 0 bridgehead atoms. The van der Waals surface area contributed by atoms with Crippen molar-refractivity contribution >= 4 is 32.3 Å². The van der Waals surface area contributed by atoms with Crippen molar-refractivity contribution in [1.82, 2.24) is 29.9 Å². The molecule has 0 N–H and O–H groups in total. The third-order valence-corrected chi connectivity index (χ3v) is 20.4. The molecule has 2 heterocycles. The maximum Gasteiger partial charge on any atom is 0.165 e. The third kappa shape index (κ3) is 10.8. The first-order valence-electron chi connectivity index (χ1n) is 35.0. The Hall–Kier alpha value is -13.7. The van der Waals surface area contributed by atoms with Crippen LogP contribution in [0.25, 0.3) is 167 Å². The fourth-order valence-electron chi connectivity index (χ4n) is 15.6. The van der Waals surface area contributed by atoms with E-state index in [0.717, 1.165) is 99.8 Å². The molecule has 1 aliphatic carbocycles. The Morgan fingerprint density at radius 2 is 0.534 bits per heavy atom. The second-order valence-electron chi connectivity index (χ2n) is 26.4. The second kappa shape index (κ2) is 25.6. The minimum atomic E-state index is -0.664. The van der Waals surface area contributed by atoms with Crippen LogP contribution in [0, 0.1) is 0 Å². The monoisotopic (exact) mass is 1310 g/mol. The van der Waals surface area contributed by atoms with Crippen molar-refractivity contribution in [2.75, 3.05) is 0 Å². The number of hydrogen-bond donors (Lipinski definition) is 0. The molecule has 19 rings (SSSR count). The van der Waals surface area contributed by atoms with E-state index in [-0.39, 0.29) is 0 Å². The molecule has 0 amide bonds. The average Bonchev–Trinajstić information content (AvgIpc) is 1.56. The van der Waals surface area contributed by atoms with Crippen LogP contribution < -0.4 is 0 Å². The fraction of sp³-hybridized carbons (Fsp3) is 0.0103. The first-order chi connectivity index (χ1) is 51.0. The van der Waals surface area contributed by atoms with E-state index in [4.69, 9.17) is 29.9 Å². The fourth-order valence-corrected chi connectivity index (χ4v) is 15.6. The van der Waals surface area contributed by atoms with E-state index in [1.54, 1.807) is 0 Å². The molecule has 2 aromatic heterocycles. The molecule has 480 valence electrons. The summed E-state index contributed by atoms with van der Waals surface area (Å²) in [5, 5.41) is 6.79. The Morgan fingerprint density at radius 1 is 0.165 bits per heavy atom. The van der Waals surface area contributed by atoms with Gasteiger partial charge in [0, 0.05) is 33.4 Å². The molecular formula is C97H62N6. The first kappa shape index (κ1) is 60.5. The van der Waals surface area contributed by atoms with Crippen molar-refractivity contribution in [3.8, 4) is 135 Å². The van der Waals surface area contributed by atoms with E-state index < -0.39 is 5.41 Å². The van der Waals surface area contributed by atoms with Gasteiger partial charge in [0.25, 0.3) is 0 Å². The molecule has 0 saturated heterocycles. The number of hydrogen-bond acceptors (Lipinski definition) is 6. The highest BCUT2D eigenvalue weighted by Crippen LogP contribution is 2.57. The molecule has 0 aliphatic heterocycles. The van der Waals surface area contributed by atoms with Crippen molar-refractivity contribution in [2.24, 2.45) is 0 Å². The van der Waals surface area contributed by atoms with Gasteiger partial charge in [-0.25, -0.2) is 29.9 Å². The van der Waals surface area contributed by atoms with Crippen LogP contribution in [0.15, 0.2) is 376 Å². The van der Waals surface area contributed by atoms with Gasteiger partial charge < -0.3 is 0 Å². The third-order valence-electron chi connectivity index (χ3n) is 20.4. The lowest BCUT2D eigenvalue weighted by Gasteiger charge is -2.34. The predicted octanol–water partition coefficient (Wildman–Crippen LogP) is 24.2. The van der Waals surface area contributed by atoms with E-state index in [9.17, 15) is 0 Å². The minimum absolute atomic E-state index is 0.550. The van der Waals surface area contributed by atoms with Crippen molar-refractivity contribution in [3.05, 3.63) is 398 Å². The molecule has 0 saturated carbocycles. The Kier molecular flexibility index (Phi) is 15.0. The average molecular weight is 1310 g/mol. The highest BCUT2D eigenvalue weighted by molar-refractivity contribution is 6.14. The van der Waals surface area contributed by atoms with Gasteiger partial charge in [-0.05, 0) is 164 Å². The maximum atomic E-state index is 5.62. The van der Waals surface area contributed by atoms with Crippen LogP contribution in [0.5, 0.6) is 0 Å². The number of nitrogens with zero attached hydrogens (tertiary/aromatic N) is 6.